The van der Waals surface area contributed by atoms with Crippen LogP contribution in [0.15, 0.2) is 102 Å². The van der Waals surface area contributed by atoms with Crippen LogP contribution in [0.25, 0.3) is 11.1 Å². The Morgan fingerprint density at radius 2 is 1.60 bits per heavy atom. The first kappa shape index (κ1) is 23.2. The Labute approximate surface area is 214 Å². The molecule has 0 unspecified atom stereocenters. The number of carbonyl (C=O) groups is 1. The first-order valence-electron chi connectivity index (χ1n) is 11.3. The van der Waals surface area contributed by atoms with Gasteiger partial charge in [-0.15, -0.1) is 11.8 Å². The summed E-state index contributed by atoms with van der Waals surface area (Å²) in [5.74, 6) is 0.940. The van der Waals surface area contributed by atoms with E-state index in [0.717, 1.165) is 16.9 Å². The van der Waals surface area contributed by atoms with E-state index in [0.29, 0.717) is 17.4 Å². The van der Waals surface area contributed by atoms with Crippen LogP contribution in [0, 0.1) is 0 Å². The molecule has 35 heavy (non-hydrogen) atoms. The molecule has 1 aliphatic carbocycles. The van der Waals surface area contributed by atoms with E-state index in [1.807, 2.05) is 48.5 Å². The molecular formula is C29H23ClN2O2S. The van der Waals surface area contributed by atoms with E-state index in [2.05, 4.69) is 59.1 Å². The molecule has 0 saturated heterocycles. The van der Waals surface area contributed by atoms with Crippen molar-refractivity contribution in [3.8, 4) is 16.9 Å². The van der Waals surface area contributed by atoms with Crippen molar-refractivity contribution in [3.05, 3.63) is 124 Å². The number of nitrogens with one attached hydrogen (secondary N) is 1. The van der Waals surface area contributed by atoms with Gasteiger partial charge in [-0.25, -0.2) is 5.43 Å². The predicted octanol–water partition coefficient (Wildman–Crippen LogP) is 6.87. The standard InChI is InChI=1S/C29H23ClN2O2S/c30-22-7-5-6-21(16-22)18-34-23-14-12-20(13-15-23)17-31-32-28(33)19-35-29-26-10-3-1-8-24(26)25-9-2-4-11-27(25)29/h1-17,29H,18-19H2,(H,32,33)/b31-17-. The van der Waals surface area contributed by atoms with E-state index in [-0.39, 0.29) is 11.2 Å². The Kier molecular flexibility index (Phi) is 7.17. The molecule has 174 valence electrons. The van der Waals surface area contributed by atoms with Crippen LogP contribution in [0.1, 0.15) is 27.5 Å². The number of carbonyl (C=O) groups excluding carboxylic acids is 1. The van der Waals surface area contributed by atoms with E-state index < -0.39 is 0 Å². The maximum atomic E-state index is 12.4. The molecular weight excluding hydrogens is 476 g/mol. The van der Waals surface area contributed by atoms with Gasteiger partial charge in [-0.05, 0) is 69.8 Å². The summed E-state index contributed by atoms with van der Waals surface area (Å²) < 4.78 is 5.80. The first-order chi connectivity index (χ1) is 17.2. The van der Waals surface area contributed by atoms with Gasteiger partial charge in [-0.2, -0.15) is 5.10 Å². The quantitative estimate of drug-likeness (QED) is 0.213. The van der Waals surface area contributed by atoms with Gasteiger partial charge in [-0.3, -0.25) is 4.79 Å². The number of nitrogens with zero attached hydrogens (tertiary/aromatic N) is 1. The highest BCUT2D eigenvalue weighted by molar-refractivity contribution is 8.00. The maximum Gasteiger partial charge on any atom is 0.250 e. The molecule has 0 radical (unpaired) electrons. The zero-order valence-corrected chi connectivity index (χ0v) is 20.4. The van der Waals surface area contributed by atoms with Gasteiger partial charge in [0.15, 0.2) is 0 Å². The molecule has 1 aliphatic rings. The highest BCUT2D eigenvalue weighted by Crippen LogP contribution is 2.49. The number of amides is 1. The summed E-state index contributed by atoms with van der Waals surface area (Å²) in [6.07, 6.45) is 1.63. The molecule has 1 N–H and O–H groups in total. The summed E-state index contributed by atoms with van der Waals surface area (Å²) in [5, 5.41) is 4.96. The molecule has 0 spiro atoms. The molecule has 4 aromatic rings. The van der Waals surface area contributed by atoms with Crippen molar-refractivity contribution in [2.45, 2.75) is 11.9 Å². The number of thioether (sulfide) groups is 1. The zero-order chi connectivity index (χ0) is 24.0. The minimum Gasteiger partial charge on any atom is -0.489 e. The average Bonchev–Trinajstić information content (AvgIpc) is 3.21. The lowest BCUT2D eigenvalue weighted by Crippen LogP contribution is -2.20. The predicted molar refractivity (Wildman–Crippen MR) is 144 cm³/mol. The molecule has 5 rings (SSSR count). The van der Waals surface area contributed by atoms with Crippen molar-refractivity contribution in [2.75, 3.05) is 5.75 Å². The second kappa shape index (κ2) is 10.8. The molecule has 0 saturated carbocycles. The second-order valence-corrected chi connectivity index (χ2v) is 9.68. The number of halogens is 1. The van der Waals surface area contributed by atoms with Crippen molar-refractivity contribution in [2.24, 2.45) is 5.10 Å². The number of hydrazone groups is 1. The number of fused-ring (bicyclic) bond motifs is 3. The molecule has 0 fully saturated rings. The van der Waals surface area contributed by atoms with Gasteiger partial charge in [0.25, 0.3) is 0 Å². The lowest BCUT2D eigenvalue weighted by atomic mass is 10.1. The fourth-order valence-corrected chi connectivity index (χ4v) is 5.47. The fourth-order valence-electron chi connectivity index (χ4n) is 4.10. The van der Waals surface area contributed by atoms with Crippen LogP contribution in [-0.4, -0.2) is 17.9 Å². The van der Waals surface area contributed by atoms with Gasteiger partial charge in [-0.1, -0.05) is 72.3 Å². The third kappa shape index (κ3) is 5.59. The summed E-state index contributed by atoms with van der Waals surface area (Å²) in [5.41, 5.74) is 9.52. The SMILES string of the molecule is O=C(CSC1c2ccccc2-c2ccccc21)N/N=C\c1ccc(OCc2cccc(Cl)c2)cc1. The first-order valence-corrected chi connectivity index (χ1v) is 12.7. The van der Waals surface area contributed by atoms with Crippen LogP contribution < -0.4 is 10.2 Å². The van der Waals surface area contributed by atoms with Crippen molar-refractivity contribution >= 4 is 35.5 Å². The Morgan fingerprint density at radius 1 is 0.914 bits per heavy atom. The number of rotatable bonds is 8. The Bertz CT molecular complexity index is 1330. The summed E-state index contributed by atoms with van der Waals surface area (Å²) in [7, 11) is 0. The van der Waals surface area contributed by atoms with Crippen molar-refractivity contribution in [1.29, 1.82) is 0 Å². The van der Waals surface area contributed by atoms with Crippen molar-refractivity contribution in [3.63, 3.8) is 0 Å². The molecule has 1 amide bonds. The van der Waals surface area contributed by atoms with Crippen LogP contribution in [0.2, 0.25) is 5.02 Å². The summed E-state index contributed by atoms with van der Waals surface area (Å²) >= 11 is 7.63. The molecule has 0 aliphatic heterocycles. The topological polar surface area (TPSA) is 50.7 Å². The van der Waals surface area contributed by atoms with Gasteiger partial charge < -0.3 is 4.74 Å². The van der Waals surface area contributed by atoms with E-state index in [1.165, 1.54) is 22.3 Å². The number of benzene rings is 4. The van der Waals surface area contributed by atoms with Gasteiger partial charge in [0.2, 0.25) is 5.91 Å². The van der Waals surface area contributed by atoms with E-state index in [4.69, 9.17) is 16.3 Å². The van der Waals surface area contributed by atoms with E-state index in [1.54, 1.807) is 18.0 Å². The minimum absolute atomic E-state index is 0.130. The van der Waals surface area contributed by atoms with Gasteiger partial charge in [0.05, 0.1) is 17.2 Å². The zero-order valence-electron chi connectivity index (χ0n) is 18.9. The highest BCUT2D eigenvalue weighted by atomic mass is 35.5. The van der Waals surface area contributed by atoms with Crippen LogP contribution in [-0.2, 0) is 11.4 Å². The smallest absolute Gasteiger partial charge is 0.250 e. The van der Waals surface area contributed by atoms with E-state index >= 15 is 0 Å². The monoisotopic (exact) mass is 498 g/mol. The van der Waals surface area contributed by atoms with Gasteiger partial charge in [0, 0.05) is 5.02 Å². The number of ether oxygens (including phenoxy) is 1. The van der Waals surface area contributed by atoms with Crippen molar-refractivity contribution in [1.82, 2.24) is 5.43 Å². The summed E-state index contributed by atoms with van der Waals surface area (Å²) in [6.45, 7) is 0.442. The van der Waals surface area contributed by atoms with Gasteiger partial charge in [0.1, 0.15) is 12.4 Å². The van der Waals surface area contributed by atoms with Crippen LogP contribution >= 0.6 is 23.4 Å². The summed E-state index contributed by atoms with van der Waals surface area (Å²) in [4.78, 5) is 12.4. The summed E-state index contributed by atoms with van der Waals surface area (Å²) in [6, 6.07) is 31.9. The molecule has 4 nitrogen and oxygen atoms in total. The van der Waals surface area contributed by atoms with Gasteiger partial charge >= 0.3 is 0 Å². The third-order valence-electron chi connectivity index (χ3n) is 5.74. The van der Waals surface area contributed by atoms with Crippen LogP contribution in [0.4, 0.5) is 0 Å². The lowest BCUT2D eigenvalue weighted by Gasteiger charge is -2.12. The Balaban J connectivity index is 1.12. The van der Waals surface area contributed by atoms with Crippen LogP contribution in [0.3, 0.4) is 0 Å². The molecule has 4 aromatic carbocycles. The molecule has 0 heterocycles. The normalized spacial score (nSPS) is 12.4. The second-order valence-electron chi connectivity index (χ2n) is 8.15. The Hall–Kier alpha value is -3.54. The third-order valence-corrected chi connectivity index (χ3v) is 7.24. The molecule has 0 aromatic heterocycles. The molecule has 6 heteroatoms. The lowest BCUT2D eigenvalue weighted by molar-refractivity contribution is -0.118. The largest absolute Gasteiger partial charge is 0.489 e. The number of hydrogen-bond acceptors (Lipinski definition) is 4. The minimum atomic E-state index is -0.130. The maximum absolute atomic E-state index is 12.4. The highest BCUT2D eigenvalue weighted by Gasteiger charge is 2.28. The molecule has 0 atom stereocenters. The van der Waals surface area contributed by atoms with E-state index in [9.17, 15) is 4.79 Å². The average molecular weight is 499 g/mol. The van der Waals surface area contributed by atoms with Crippen molar-refractivity contribution < 1.29 is 9.53 Å². The molecule has 0 bridgehead atoms. The number of hydrogen-bond donors (Lipinski definition) is 1. The van der Waals surface area contributed by atoms with Crippen LogP contribution in [0.5, 0.6) is 5.75 Å². The fraction of sp³-hybridized carbons (Fsp3) is 0.103. The Morgan fingerprint density at radius 3 is 2.29 bits per heavy atom.